The zero-order chi connectivity index (χ0) is 15.2. The first-order chi connectivity index (χ1) is 10.2. The second-order valence-corrected chi connectivity index (χ2v) is 4.53. The Labute approximate surface area is 124 Å². The first-order valence-electron chi connectivity index (χ1n) is 6.46. The van der Waals surface area contributed by atoms with E-state index in [9.17, 15) is 0 Å². The van der Waals surface area contributed by atoms with E-state index in [0.717, 1.165) is 5.56 Å². The summed E-state index contributed by atoms with van der Waals surface area (Å²) in [6.07, 6.45) is 1.68. The average molecular weight is 283 g/mol. The molecule has 1 aromatic heterocycles. The van der Waals surface area contributed by atoms with E-state index in [2.05, 4.69) is 11.1 Å². The average Bonchev–Trinajstić information content (AvgIpc) is 2.54. The van der Waals surface area contributed by atoms with Crippen molar-refractivity contribution in [2.75, 3.05) is 26.2 Å². The van der Waals surface area contributed by atoms with E-state index < -0.39 is 0 Å². The largest absolute Gasteiger partial charge is 0.493 e. The van der Waals surface area contributed by atoms with E-state index in [-0.39, 0.29) is 0 Å². The number of ether oxygens (including phenoxy) is 2. The quantitative estimate of drug-likeness (QED) is 0.844. The molecule has 0 saturated carbocycles. The van der Waals surface area contributed by atoms with Gasteiger partial charge in [0.2, 0.25) is 0 Å². The second-order valence-electron chi connectivity index (χ2n) is 4.53. The molecule has 0 N–H and O–H groups in total. The summed E-state index contributed by atoms with van der Waals surface area (Å²) in [6.45, 7) is 0.617. The van der Waals surface area contributed by atoms with Gasteiger partial charge in [0.05, 0.1) is 19.8 Å². The number of anilines is 1. The van der Waals surface area contributed by atoms with Crippen LogP contribution in [0.1, 0.15) is 11.1 Å². The van der Waals surface area contributed by atoms with Crippen molar-refractivity contribution < 1.29 is 9.47 Å². The molecule has 0 atom stereocenters. The van der Waals surface area contributed by atoms with Crippen molar-refractivity contribution in [2.24, 2.45) is 0 Å². The van der Waals surface area contributed by atoms with Crippen molar-refractivity contribution in [1.29, 1.82) is 5.26 Å². The molecule has 1 heterocycles. The van der Waals surface area contributed by atoms with Gasteiger partial charge >= 0.3 is 0 Å². The summed E-state index contributed by atoms with van der Waals surface area (Å²) >= 11 is 0. The normalized spacial score (nSPS) is 9.81. The number of hydrogen-bond donors (Lipinski definition) is 0. The number of rotatable bonds is 5. The number of nitrogens with zero attached hydrogens (tertiary/aromatic N) is 3. The van der Waals surface area contributed by atoms with Gasteiger partial charge < -0.3 is 14.4 Å². The molecule has 0 radical (unpaired) electrons. The summed E-state index contributed by atoms with van der Waals surface area (Å²) in [5, 5.41) is 9.13. The highest BCUT2D eigenvalue weighted by atomic mass is 16.5. The predicted octanol–water partition coefficient (Wildman–Crippen LogP) is 2.61. The Morgan fingerprint density at radius 2 is 1.95 bits per heavy atom. The van der Waals surface area contributed by atoms with Crippen LogP contribution in [-0.4, -0.2) is 26.3 Å². The third kappa shape index (κ3) is 3.23. The predicted molar refractivity (Wildman–Crippen MR) is 80.6 cm³/mol. The molecule has 0 aliphatic carbocycles. The van der Waals surface area contributed by atoms with Gasteiger partial charge in [-0.25, -0.2) is 4.98 Å². The molecule has 0 spiro atoms. The molecule has 2 rings (SSSR count). The SMILES string of the molecule is COc1ccc(CN(C)c2ncccc2C#N)cc1OC. The maximum Gasteiger partial charge on any atom is 0.161 e. The van der Waals surface area contributed by atoms with Crippen LogP contribution >= 0.6 is 0 Å². The monoisotopic (exact) mass is 283 g/mol. The van der Waals surface area contributed by atoms with Crippen LogP contribution in [0, 0.1) is 11.3 Å². The van der Waals surface area contributed by atoms with Crippen LogP contribution in [0.5, 0.6) is 11.5 Å². The summed E-state index contributed by atoms with van der Waals surface area (Å²) in [4.78, 5) is 6.20. The number of pyridine rings is 1. The zero-order valence-corrected chi connectivity index (χ0v) is 12.3. The van der Waals surface area contributed by atoms with E-state index >= 15 is 0 Å². The Kier molecular flexibility index (Phi) is 4.62. The van der Waals surface area contributed by atoms with Crippen LogP contribution in [0.2, 0.25) is 0 Å². The van der Waals surface area contributed by atoms with Gasteiger partial charge in [-0.15, -0.1) is 0 Å². The molecule has 2 aromatic rings. The van der Waals surface area contributed by atoms with Crippen LogP contribution < -0.4 is 14.4 Å². The number of hydrogen-bond acceptors (Lipinski definition) is 5. The van der Waals surface area contributed by atoms with E-state index in [4.69, 9.17) is 14.7 Å². The maximum absolute atomic E-state index is 9.13. The summed E-state index contributed by atoms with van der Waals surface area (Å²) in [5.74, 6) is 2.04. The smallest absolute Gasteiger partial charge is 0.161 e. The van der Waals surface area contributed by atoms with E-state index in [1.165, 1.54) is 0 Å². The van der Waals surface area contributed by atoms with Crippen molar-refractivity contribution in [3.63, 3.8) is 0 Å². The molecule has 0 amide bonds. The molecule has 5 nitrogen and oxygen atoms in total. The van der Waals surface area contributed by atoms with Gasteiger partial charge in [0.1, 0.15) is 11.9 Å². The Hall–Kier alpha value is -2.74. The van der Waals surface area contributed by atoms with Crippen molar-refractivity contribution in [3.05, 3.63) is 47.7 Å². The third-order valence-electron chi connectivity index (χ3n) is 3.14. The molecule has 0 unspecified atom stereocenters. The van der Waals surface area contributed by atoms with Gasteiger partial charge in [-0.3, -0.25) is 0 Å². The van der Waals surface area contributed by atoms with Crippen molar-refractivity contribution in [1.82, 2.24) is 4.98 Å². The molecule has 0 bridgehead atoms. The second kappa shape index (κ2) is 6.62. The number of nitriles is 1. The third-order valence-corrected chi connectivity index (χ3v) is 3.14. The van der Waals surface area contributed by atoms with Crippen LogP contribution in [0.15, 0.2) is 36.5 Å². The minimum absolute atomic E-state index is 0.556. The summed E-state index contributed by atoms with van der Waals surface area (Å²) < 4.78 is 10.5. The van der Waals surface area contributed by atoms with Gasteiger partial charge in [-0.2, -0.15) is 5.26 Å². The highest BCUT2D eigenvalue weighted by molar-refractivity contribution is 5.53. The molecular formula is C16H17N3O2. The van der Waals surface area contributed by atoms with E-state index in [0.29, 0.717) is 29.4 Å². The topological polar surface area (TPSA) is 58.4 Å². The number of methoxy groups -OCH3 is 2. The standard InChI is InChI=1S/C16H17N3O2/c1-19(16-13(10-17)5-4-8-18-16)11-12-6-7-14(20-2)15(9-12)21-3/h4-9H,11H2,1-3H3. The molecule has 5 heteroatoms. The zero-order valence-electron chi connectivity index (χ0n) is 12.3. The van der Waals surface area contributed by atoms with E-state index in [1.54, 1.807) is 32.5 Å². The summed E-state index contributed by atoms with van der Waals surface area (Å²) in [6, 6.07) is 11.4. The lowest BCUT2D eigenvalue weighted by Gasteiger charge is -2.19. The first kappa shape index (κ1) is 14.7. The maximum atomic E-state index is 9.13. The molecular weight excluding hydrogens is 266 g/mol. The molecule has 0 fully saturated rings. The molecule has 108 valence electrons. The molecule has 0 aliphatic rings. The van der Waals surface area contributed by atoms with Crippen LogP contribution in [0.4, 0.5) is 5.82 Å². The Bertz CT molecular complexity index is 665. The highest BCUT2D eigenvalue weighted by Gasteiger charge is 2.10. The summed E-state index contributed by atoms with van der Waals surface area (Å²) in [5.41, 5.74) is 1.60. The lowest BCUT2D eigenvalue weighted by atomic mass is 10.2. The van der Waals surface area contributed by atoms with Crippen molar-refractivity contribution in [3.8, 4) is 17.6 Å². The van der Waals surface area contributed by atoms with Crippen molar-refractivity contribution >= 4 is 5.82 Å². The van der Waals surface area contributed by atoms with Crippen LogP contribution in [0.3, 0.4) is 0 Å². The van der Waals surface area contributed by atoms with Crippen LogP contribution in [0.25, 0.3) is 0 Å². The molecule has 0 aliphatic heterocycles. The highest BCUT2D eigenvalue weighted by Crippen LogP contribution is 2.28. The molecule has 0 saturated heterocycles. The van der Waals surface area contributed by atoms with Crippen molar-refractivity contribution in [2.45, 2.75) is 6.54 Å². The Morgan fingerprint density at radius 3 is 2.62 bits per heavy atom. The van der Waals surface area contributed by atoms with Gasteiger partial charge in [0.25, 0.3) is 0 Å². The van der Waals surface area contributed by atoms with Gasteiger partial charge in [0, 0.05) is 19.8 Å². The Morgan fingerprint density at radius 1 is 1.19 bits per heavy atom. The van der Waals surface area contributed by atoms with Gasteiger partial charge in [-0.1, -0.05) is 6.07 Å². The van der Waals surface area contributed by atoms with E-state index in [1.807, 2.05) is 30.1 Å². The molecule has 21 heavy (non-hydrogen) atoms. The lowest BCUT2D eigenvalue weighted by Crippen LogP contribution is -2.18. The number of benzene rings is 1. The van der Waals surface area contributed by atoms with Gasteiger partial charge in [-0.05, 0) is 29.8 Å². The van der Waals surface area contributed by atoms with Crippen LogP contribution in [-0.2, 0) is 6.54 Å². The Balaban J connectivity index is 2.24. The first-order valence-corrected chi connectivity index (χ1v) is 6.46. The fraction of sp³-hybridized carbons (Fsp3) is 0.250. The minimum Gasteiger partial charge on any atom is -0.493 e. The lowest BCUT2D eigenvalue weighted by molar-refractivity contribution is 0.354. The fourth-order valence-corrected chi connectivity index (χ4v) is 2.12. The number of aromatic nitrogens is 1. The molecule has 1 aromatic carbocycles. The summed E-state index contributed by atoms with van der Waals surface area (Å²) in [7, 11) is 5.12. The van der Waals surface area contributed by atoms with Gasteiger partial charge in [0.15, 0.2) is 11.5 Å². The fourth-order valence-electron chi connectivity index (χ4n) is 2.12. The minimum atomic E-state index is 0.556.